The van der Waals surface area contributed by atoms with Gasteiger partial charge in [0.05, 0.1) is 23.8 Å². The van der Waals surface area contributed by atoms with Crippen LogP contribution in [0.1, 0.15) is 23.2 Å². The number of benzene rings is 1. The van der Waals surface area contributed by atoms with Crippen LogP contribution < -0.4 is 0 Å². The lowest BCUT2D eigenvalue weighted by atomic mass is 10.0. The highest BCUT2D eigenvalue weighted by Gasteiger charge is 2.40. The Hall–Kier alpha value is -1.10. The van der Waals surface area contributed by atoms with E-state index in [0.29, 0.717) is 36.9 Å². The number of nitrogens with zero attached hydrogens (tertiary/aromatic N) is 1. The van der Waals surface area contributed by atoms with Crippen molar-refractivity contribution in [2.45, 2.75) is 18.6 Å². The molecular weight excluding hydrogens is 266 g/mol. The topological polar surface area (TPSA) is 38.8 Å². The van der Waals surface area contributed by atoms with E-state index in [1.165, 1.54) is 0 Å². The van der Waals surface area contributed by atoms with Crippen LogP contribution in [0.25, 0.3) is 0 Å². The van der Waals surface area contributed by atoms with E-state index in [9.17, 15) is 4.79 Å². The lowest BCUT2D eigenvalue weighted by molar-refractivity contribution is -0.181. The molecule has 1 aromatic rings. The largest absolute Gasteiger partial charge is 0.347 e. The van der Waals surface area contributed by atoms with Crippen molar-refractivity contribution in [3.63, 3.8) is 0 Å². The molecule has 1 spiro atoms. The van der Waals surface area contributed by atoms with Crippen molar-refractivity contribution in [2.24, 2.45) is 0 Å². The molecule has 1 amide bonds. The number of ether oxygens (including phenoxy) is 2. The summed E-state index contributed by atoms with van der Waals surface area (Å²) in [6.07, 6.45) is 1.45. The third-order valence-corrected chi connectivity index (χ3v) is 4.06. The maximum atomic E-state index is 12.4. The Morgan fingerprint density at radius 3 is 2.42 bits per heavy atom. The smallest absolute Gasteiger partial charge is 0.255 e. The molecule has 2 fully saturated rings. The van der Waals surface area contributed by atoms with Crippen molar-refractivity contribution < 1.29 is 14.3 Å². The van der Waals surface area contributed by atoms with Gasteiger partial charge in [0.25, 0.3) is 5.91 Å². The second-order valence-corrected chi connectivity index (χ2v) is 5.29. The second-order valence-electron chi connectivity index (χ2n) is 4.88. The first-order chi connectivity index (χ1) is 9.20. The molecule has 4 nitrogen and oxygen atoms in total. The highest BCUT2D eigenvalue weighted by atomic mass is 35.5. The Morgan fingerprint density at radius 2 is 1.79 bits per heavy atom. The van der Waals surface area contributed by atoms with Gasteiger partial charge in [0.1, 0.15) is 0 Å². The van der Waals surface area contributed by atoms with Crippen LogP contribution in [0.4, 0.5) is 0 Å². The number of halogens is 1. The minimum atomic E-state index is -0.447. The highest BCUT2D eigenvalue weighted by Crippen LogP contribution is 2.32. The summed E-state index contributed by atoms with van der Waals surface area (Å²) in [5.74, 6) is -0.462. The van der Waals surface area contributed by atoms with Crippen LogP contribution in [0.5, 0.6) is 0 Å². The van der Waals surface area contributed by atoms with Gasteiger partial charge >= 0.3 is 0 Å². The van der Waals surface area contributed by atoms with E-state index >= 15 is 0 Å². The summed E-state index contributed by atoms with van der Waals surface area (Å²) in [6.45, 7) is 2.59. The van der Waals surface area contributed by atoms with Gasteiger partial charge in [-0.1, -0.05) is 23.7 Å². The summed E-state index contributed by atoms with van der Waals surface area (Å²) in [5.41, 5.74) is 0.563. The van der Waals surface area contributed by atoms with Crippen molar-refractivity contribution in [3.05, 3.63) is 34.9 Å². The first-order valence-electron chi connectivity index (χ1n) is 6.52. The molecule has 0 radical (unpaired) electrons. The molecule has 0 aromatic heterocycles. The number of hydrogen-bond donors (Lipinski definition) is 0. The van der Waals surface area contributed by atoms with E-state index in [4.69, 9.17) is 21.1 Å². The van der Waals surface area contributed by atoms with Crippen molar-refractivity contribution in [1.82, 2.24) is 4.90 Å². The molecule has 0 bridgehead atoms. The summed E-state index contributed by atoms with van der Waals surface area (Å²) < 4.78 is 11.3. The number of carbonyl (C=O) groups is 1. The van der Waals surface area contributed by atoms with Crippen LogP contribution in [0.2, 0.25) is 5.02 Å². The van der Waals surface area contributed by atoms with Gasteiger partial charge in [0.2, 0.25) is 0 Å². The molecule has 2 heterocycles. The Morgan fingerprint density at radius 1 is 1.16 bits per heavy atom. The van der Waals surface area contributed by atoms with Gasteiger partial charge in [-0.15, -0.1) is 0 Å². The normalized spacial score (nSPS) is 21.8. The van der Waals surface area contributed by atoms with E-state index in [-0.39, 0.29) is 5.91 Å². The van der Waals surface area contributed by atoms with Crippen molar-refractivity contribution in [1.29, 1.82) is 0 Å². The van der Waals surface area contributed by atoms with Crippen LogP contribution in [0.15, 0.2) is 24.3 Å². The Labute approximate surface area is 117 Å². The maximum absolute atomic E-state index is 12.4. The average molecular weight is 282 g/mol. The Bertz CT molecular complexity index is 475. The number of piperidine rings is 1. The monoisotopic (exact) mass is 281 g/mol. The number of amides is 1. The van der Waals surface area contributed by atoms with E-state index in [1.54, 1.807) is 12.1 Å². The van der Waals surface area contributed by atoms with Crippen LogP contribution in [-0.2, 0) is 9.47 Å². The molecule has 5 heteroatoms. The quantitative estimate of drug-likeness (QED) is 0.793. The predicted molar refractivity (Wildman–Crippen MR) is 71.2 cm³/mol. The maximum Gasteiger partial charge on any atom is 0.255 e. The van der Waals surface area contributed by atoms with E-state index < -0.39 is 5.79 Å². The molecule has 19 heavy (non-hydrogen) atoms. The molecule has 2 aliphatic heterocycles. The first-order valence-corrected chi connectivity index (χ1v) is 6.90. The van der Waals surface area contributed by atoms with Crippen molar-refractivity contribution in [3.8, 4) is 0 Å². The molecule has 2 saturated heterocycles. The lowest BCUT2D eigenvalue weighted by Crippen LogP contribution is -2.47. The van der Waals surface area contributed by atoms with Gasteiger partial charge in [0, 0.05) is 25.9 Å². The summed E-state index contributed by atoms with van der Waals surface area (Å²) in [4.78, 5) is 14.2. The minimum absolute atomic E-state index is 0.0153. The molecular formula is C14H16ClNO3. The van der Waals surface area contributed by atoms with Gasteiger partial charge in [-0.05, 0) is 12.1 Å². The minimum Gasteiger partial charge on any atom is -0.347 e. The fourth-order valence-corrected chi connectivity index (χ4v) is 2.86. The zero-order valence-electron chi connectivity index (χ0n) is 10.6. The van der Waals surface area contributed by atoms with Gasteiger partial charge in [-0.2, -0.15) is 0 Å². The molecule has 0 saturated carbocycles. The Kier molecular flexibility index (Phi) is 3.48. The first kappa shape index (κ1) is 12.9. The summed E-state index contributed by atoms with van der Waals surface area (Å²) in [5, 5.41) is 0.501. The number of hydrogen-bond acceptors (Lipinski definition) is 3. The van der Waals surface area contributed by atoms with Gasteiger partial charge in [-0.3, -0.25) is 4.79 Å². The Balaban J connectivity index is 1.68. The highest BCUT2D eigenvalue weighted by molar-refractivity contribution is 6.33. The predicted octanol–water partition coefficient (Wildman–Crippen LogP) is 2.32. The van der Waals surface area contributed by atoms with Crippen molar-refractivity contribution in [2.75, 3.05) is 26.3 Å². The van der Waals surface area contributed by atoms with Crippen LogP contribution in [0.3, 0.4) is 0 Å². The molecule has 102 valence electrons. The average Bonchev–Trinajstić information content (AvgIpc) is 2.88. The standard InChI is InChI=1S/C14H16ClNO3/c15-12-4-2-1-3-11(12)13(17)16-7-5-14(6-8-16)18-9-10-19-14/h1-4H,5-10H2. The zero-order valence-corrected chi connectivity index (χ0v) is 11.4. The van der Waals surface area contributed by atoms with Gasteiger partial charge in [-0.25, -0.2) is 0 Å². The molecule has 3 rings (SSSR count). The second kappa shape index (κ2) is 5.12. The third-order valence-electron chi connectivity index (χ3n) is 3.73. The van der Waals surface area contributed by atoms with Crippen molar-refractivity contribution >= 4 is 17.5 Å². The summed E-state index contributed by atoms with van der Waals surface area (Å²) in [6, 6.07) is 7.15. The van der Waals surface area contributed by atoms with E-state index in [0.717, 1.165) is 12.8 Å². The molecule has 1 aromatic carbocycles. The van der Waals surface area contributed by atoms with E-state index in [2.05, 4.69) is 0 Å². The molecule has 0 N–H and O–H groups in total. The van der Waals surface area contributed by atoms with Gasteiger partial charge < -0.3 is 14.4 Å². The number of likely N-dealkylation sites (tertiary alicyclic amines) is 1. The van der Waals surface area contributed by atoms with Gasteiger partial charge in [0.15, 0.2) is 5.79 Å². The molecule has 0 aliphatic carbocycles. The molecule has 2 aliphatic rings. The van der Waals surface area contributed by atoms with Crippen LogP contribution in [-0.4, -0.2) is 42.9 Å². The molecule has 0 unspecified atom stereocenters. The van der Waals surface area contributed by atoms with E-state index in [1.807, 2.05) is 17.0 Å². The lowest BCUT2D eigenvalue weighted by Gasteiger charge is -2.37. The fourth-order valence-electron chi connectivity index (χ4n) is 2.64. The zero-order chi connectivity index (χ0) is 13.3. The molecule has 0 atom stereocenters. The number of rotatable bonds is 1. The van der Waals surface area contributed by atoms with Crippen LogP contribution >= 0.6 is 11.6 Å². The van der Waals surface area contributed by atoms with Crippen LogP contribution in [0, 0.1) is 0 Å². The summed E-state index contributed by atoms with van der Waals surface area (Å²) in [7, 11) is 0. The SMILES string of the molecule is O=C(c1ccccc1Cl)N1CCC2(CC1)OCCO2. The fraction of sp³-hybridized carbons (Fsp3) is 0.500. The summed E-state index contributed by atoms with van der Waals surface area (Å²) >= 11 is 6.06. The third kappa shape index (κ3) is 2.48. The number of carbonyl (C=O) groups excluding carboxylic acids is 1.